The van der Waals surface area contributed by atoms with Gasteiger partial charge in [0.05, 0.1) is 11.1 Å². The fourth-order valence-electron chi connectivity index (χ4n) is 6.08. The lowest BCUT2D eigenvalue weighted by atomic mass is 10.0. The predicted octanol–water partition coefficient (Wildman–Crippen LogP) is 10.7. The Hall–Kier alpha value is -2.36. The van der Waals surface area contributed by atoms with Crippen molar-refractivity contribution in [3.8, 4) is 0 Å². The number of unbranched alkanes of at least 4 members (excludes halogenated alkanes) is 19. The van der Waals surface area contributed by atoms with E-state index in [1.165, 1.54) is 103 Å². The largest absolute Gasteiger partial charge is 0.294 e. The van der Waals surface area contributed by atoms with Crippen LogP contribution in [-0.2, 0) is 13.1 Å². The third-order valence-electron chi connectivity index (χ3n) is 8.96. The number of nitrogens with zero attached hydrogens (tertiary/aromatic N) is 2. The van der Waals surface area contributed by atoms with Crippen molar-refractivity contribution < 1.29 is 18.7 Å². The summed E-state index contributed by atoms with van der Waals surface area (Å²) in [6.07, 6.45) is 37.4. The molecule has 4 heteroatoms. The Morgan fingerprint density at radius 1 is 0.455 bits per heavy atom. The van der Waals surface area contributed by atoms with Gasteiger partial charge in [0.15, 0.2) is 36.4 Å². The van der Waals surface area contributed by atoms with Crippen LogP contribution in [-0.4, -0.2) is 11.6 Å². The Morgan fingerprint density at radius 2 is 0.773 bits per heavy atom. The maximum Gasteiger partial charge on any atom is 0.179 e. The first-order valence-corrected chi connectivity index (χ1v) is 18.7. The summed E-state index contributed by atoms with van der Waals surface area (Å²) in [5, 5.41) is 0. The second-order valence-corrected chi connectivity index (χ2v) is 13.1. The van der Waals surface area contributed by atoms with Crippen LogP contribution in [0.3, 0.4) is 0 Å². The van der Waals surface area contributed by atoms with E-state index in [0.717, 1.165) is 62.7 Å². The van der Waals surface area contributed by atoms with Gasteiger partial charge in [0.1, 0.15) is 13.1 Å². The molecule has 0 N–H and O–H groups in total. The molecule has 0 saturated heterocycles. The first-order valence-electron chi connectivity index (χ1n) is 18.7. The number of carbonyl (C=O) groups excluding carboxylic acids is 2. The van der Waals surface area contributed by atoms with Crippen LogP contribution in [0.4, 0.5) is 0 Å². The Labute approximate surface area is 271 Å². The zero-order valence-electron chi connectivity index (χ0n) is 28.7. The molecule has 0 fully saturated rings. The summed E-state index contributed by atoms with van der Waals surface area (Å²) in [6.45, 7) is 6.33. The second-order valence-electron chi connectivity index (χ2n) is 13.1. The molecule has 2 rings (SSSR count). The Kier molecular flexibility index (Phi) is 22.3. The monoisotopic (exact) mass is 607 g/mol. The molecule has 2 heterocycles. The highest BCUT2D eigenvalue weighted by Gasteiger charge is 2.13. The minimum atomic E-state index is 0.272. The SMILES string of the molecule is CCCCCCCCCCCCC(=O)c1ccc[n+](CCCC[n+]2cccc(C(=O)CCCCCCCCCCCC)c2)c1. The number of hydrogen-bond donors (Lipinski definition) is 0. The van der Waals surface area contributed by atoms with E-state index in [1.54, 1.807) is 0 Å². The molecular weight excluding hydrogens is 540 g/mol. The molecule has 0 aliphatic rings. The molecule has 0 saturated carbocycles. The van der Waals surface area contributed by atoms with Gasteiger partial charge in [-0.05, 0) is 25.0 Å². The molecule has 0 aromatic carbocycles. The summed E-state index contributed by atoms with van der Waals surface area (Å²) in [5.41, 5.74) is 1.68. The number of hydrogen-bond acceptors (Lipinski definition) is 2. The first-order chi connectivity index (χ1) is 21.6. The van der Waals surface area contributed by atoms with Gasteiger partial charge in [-0.15, -0.1) is 0 Å². The standard InChI is InChI=1S/C40H66N2O2/c1-3-5-7-9-11-13-15-17-19-21-29-39(43)37-27-25-33-41(35-37)31-23-24-32-42-34-26-28-38(36-42)40(44)30-22-20-18-16-14-12-10-8-6-4-2/h25-28,33-36H,3-24,29-32H2,1-2H3/q+2. The van der Waals surface area contributed by atoms with Crippen molar-refractivity contribution in [2.75, 3.05) is 0 Å². The lowest BCUT2D eigenvalue weighted by Crippen LogP contribution is -2.36. The van der Waals surface area contributed by atoms with Crippen LogP contribution in [0.5, 0.6) is 0 Å². The summed E-state index contributed by atoms with van der Waals surface area (Å²) < 4.78 is 4.31. The number of carbonyl (C=O) groups is 2. The van der Waals surface area contributed by atoms with Gasteiger partial charge in [-0.1, -0.05) is 129 Å². The lowest BCUT2D eigenvalue weighted by Gasteiger charge is -2.04. The zero-order chi connectivity index (χ0) is 31.5. The van der Waals surface area contributed by atoms with Crippen molar-refractivity contribution in [1.82, 2.24) is 0 Å². The number of aromatic nitrogens is 2. The second kappa shape index (κ2) is 25.9. The van der Waals surface area contributed by atoms with Crippen LogP contribution in [0.15, 0.2) is 49.1 Å². The van der Waals surface area contributed by atoms with Gasteiger partial charge in [-0.2, -0.15) is 0 Å². The van der Waals surface area contributed by atoms with Crippen LogP contribution in [0.2, 0.25) is 0 Å². The highest BCUT2D eigenvalue weighted by molar-refractivity contribution is 5.95. The fourth-order valence-corrected chi connectivity index (χ4v) is 6.08. The van der Waals surface area contributed by atoms with E-state index in [1.807, 2.05) is 36.7 Å². The van der Waals surface area contributed by atoms with E-state index in [9.17, 15) is 9.59 Å². The van der Waals surface area contributed by atoms with E-state index in [-0.39, 0.29) is 11.6 Å². The summed E-state index contributed by atoms with van der Waals surface area (Å²) in [6, 6.07) is 7.93. The molecule has 0 aliphatic heterocycles. The van der Waals surface area contributed by atoms with Crippen LogP contribution >= 0.6 is 0 Å². The smallest absolute Gasteiger partial charge is 0.179 e. The molecule has 0 radical (unpaired) electrons. The van der Waals surface area contributed by atoms with Crippen molar-refractivity contribution in [2.45, 2.75) is 181 Å². The Bertz CT molecular complexity index is 936. The van der Waals surface area contributed by atoms with Gasteiger partial charge >= 0.3 is 0 Å². The minimum absolute atomic E-state index is 0.272. The average Bonchev–Trinajstić information content (AvgIpc) is 3.05. The van der Waals surface area contributed by atoms with E-state index >= 15 is 0 Å². The molecule has 0 amide bonds. The van der Waals surface area contributed by atoms with Crippen LogP contribution in [0.25, 0.3) is 0 Å². The Morgan fingerprint density at radius 3 is 1.11 bits per heavy atom. The van der Waals surface area contributed by atoms with Crippen molar-refractivity contribution in [1.29, 1.82) is 0 Å². The quantitative estimate of drug-likeness (QED) is 0.0525. The Balaban J connectivity index is 1.58. The molecule has 0 spiro atoms. The minimum Gasteiger partial charge on any atom is -0.294 e. The van der Waals surface area contributed by atoms with Gasteiger partial charge in [0.25, 0.3) is 0 Å². The fraction of sp³-hybridized carbons (Fsp3) is 0.700. The number of Topliss-reactive ketones (excluding diaryl/α,β-unsaturated/α-hetero) is 2. The molecular formula is C40H66N2O2+2. The summed E-state index contributed by atoms with van der Waals surface area (Å²) in [4.78, 5) is 25.5. The highest BCUT2D eigenvalue weighted by atomic mass is 16.1. The molecule has 0 aliphatic carbocycles. The zero-order valence-corrected chi connectivity index (χ0v) is 28.7. The summed E-state index contributed by atoms with van der Waals surface area (Å²) >= 11 is 0. The van der Waals surface area contributed by atoms with E-state index in [4.69, 9.17) is 0 Å². The third-order valence-corrected chi connectivity index (χ3v) is 8.96. The molecule has 4 nitrogen and oxygen atoms in total. The molecule has 246 valence electrons. The lowest BCUT2D eigenvalue weighted by molar-refractivity contribution is -0.708. The molecule has 2 aromatic heterocycles. The van der Waals surface area contributed by atoms with Crippen molar-refractivity contribution in [3.05, 3.63) is 60.2 Å². The molecule has 44 heavy (non-hydrogen) atoms. The van der Waals surface area contributed by atoms with Gasteiger partial charge in [-0.25, -0.2) is 9.13 Å². The maximum atomic E-state index is 12.8. The van der Waals surface area contributed by atoms with Gasteiger partial charge in [-0.3, -0.25) is 9.59 Å². The van der Waals surface area contributed by atoms with Crippen molar-refractivity contribution in [3.63, 3.8) is 0 Å². The van der Waals surface area contributed by atoms with Crippen LogP contribution in [0.1, 0.15) is 189 Å². The summed E-state index contributed by atoms with van der Waals surface area (Å²) in [5.74, 6) is 0.544. The molecule has 0 unspecified atom stereocenters. The first kappa shape index (κ1) is 37.8. The van der Waals surface area contributed by atoms with Gasteiger partial charge in [0, 0.05) is 37.8 Å². The normalized spacial score (nSPS) is 11.2. The number of rotatable bonds is 29. The molecule has 0 atom stereocenters. The van der Waals surface area contributed by atoms with Crippen molar-refractivity contribution in [2.24, 2.45) is 0 Å². The number of aryl methyl sites for hydroxylation is 2. The van der Waals surface area contributed by atoms with Gasteiger partial charge in [0.2, 0.25) is 0 Å². The van der Waals surface area contributed by atoms with E-state index < -0.39 is 0 Å². The van der Waals surface area contributed by atoms with Crippen molar-refractivity contribution >= 4 is 11.6 Å². The van der Waals surface area contributed by atoms with Crippen LogP contribution < -0.4 is 9.13 Å². The average molecular weight is 607 g/mol. The van der Waals surface area contributed by atoms with Crippen LogP contribution in [0, 0.1) is 0 Å². The molecule has 0 bridgehead atoms. The summed E-state index contributed by atoms with van der Waals surface area (Å²) in [7, 11) is 0. The molecule has 2 aromatic rings. The predicted molar refractivity (Wildman–Crippen MR) is 184 cm³/mol. The van der Waals surface area contributed by atoms with E-state index in [0.29, 0.717) is 12.8 Å². The van der Waals surface area contributed by atoms with Gasteiger partial charge < -0.3 is 0 Å². The highest BCUT2D eigenvalue weighted by Crippen LogP contribution is 2.14. The van der Waals surface area contributed by atoms with E-state index in [2.05, 4.69) is 35.4 Å². The number of pyridine rings is 2. The number of ketones is 2. The third kappa shape index (κ3) is 18.4. The topological polar surface area (TPSA) is 41.9 Å². The maximum absolute atomic E-state index is 12.8.